The van der Waals surface area contributed by atoms with Gasteiger partial charge >= 0.3 is 0 Å². The third-order valence-electron chi connectivity index (χ3n) is 6.24. The molecular weight excluding hydrogens is 310 g/mol. The molecule has 140 valence electrons. The summed E-state index contributed by atoms with van der Waals surface area (Å²) in [4.78, 5) is 2.58. The number of benzene rings is 1. The second kappa shape index (κ2) is 9.59. The molecule has 0 radical (unpaired) electrons. The fraction of sp³-hybridized carbons (Fsp3) is 0.727. The van der Waals surface area contributed by atoms with Crippen LogP contribution in [0.1, 0.15) is 75.7 Å². The second-order valence-corrected chi connectivity index (χ2v) is 7.91. The fourth-order valence-corrected chi connectivity index (χ4v) is 4.78. The van der Waals surface area contributed by atoms with Crippen LogP contribution in [0.5, 0.6) is 5.75 Å². The molecule has 0 bridgehead atoms. The third-order valence-corrected chi connectivity index (χ3v) is 6.24. The predicted octanol–water partition coefficient (Wildman–Crippen LogP) is 4.74. The van der Waals surface area contributed by atoms with Gasteiger partial charge in [-0.25, -0.2) is 0 Å². The molecule has 1 saturated carbocycles. The van der Waals surface area contributed by atoms with Crippen molar-refractivity contribution in [1.82, 2.24) is 4.90 Å². The van der Waals surface area contributed by atoms with E-state index in [0.717, 1.165) is 25.3 Å². The molecule has 3 rings (SSSR count). The average Bonchev–Trinajstić information content (AvgIpc) is 2.66. The number of rotatable bonds is 3. The van der Waals surface area contributed by atoms with Gasteiger partial charge < -0.3 is 9.84 Å². The lowest BCUT2D eigenvalue weighted by atomic mass is 9.85. The summed E-state index contributed by atoms with van der Waals surface area (Å²) in [6, 6.07) is 8.86. The van der Waals surface area contributed by atoms with Crippen LogP contribution in [0.15, 0.2) is 24.3 Å². The highest BCUT2D eigenvalue weighted by Gasteiger charge is 2.33. The maximum Gasteiger partial charge on any atom is 0.122 e. The highest BCUT2D eigenvalue weighted by Crippen LogP contribution is 2.35. The van der Waals surface area contributed by atoms with Crippen LogP contribution in [-0.4, -0.2) is 42.4 Å². The monoisotopic (exact) mass is 345 g/mol. The molecule has 25 heavy (non-hydrogen) atoms. The van der Waals surface area contributed by atoms with Crippen LogP contribution in [-0.2, 0) is 0 Å². The van der Waals surface area contributed by atoms with Crippen molar-refractivity contribution in [3.05, 3.63) is 29.8 Å². The first-order valence-electron chi connectivity index (χ1n) is 10.3. The lowest BCUT2D eigenvalue weighted by molar-refractivity contribution is 0.0234. The Morgan fingerprint density at radius 2 is 1.56 bits per heavy atom. The van der Waals surface area contributed by atoms with Gasteiger partial charge in [-0.2, -0.15) is 0 Å². The van der Waals surface area contributed by atoms with E-state index in [2.05, 4.69) is 17.0 Å². The topological polar surface area (TPSA) is 32.7 Å². The third kappa shape index (κ3) is 4.98. The van der Waals surface area contributed by atoms with Crippen molar-refractivity contribution in [3.63, 3.8) is 0 Å². The van der Waals surface area contributed by atoms with E-state index in [0.29, 0.717) is 6.04 Å². The molecule has 3 nitrogen and oxygen atoms in total. The standard InChI is InChI=1S/C22H35NO2/c1-25-22-14-10-9-13-20(22)19-15-16-23(17-21(19)24)18-11-7-5-3-2-4-6-8-12-18/h9-10,13-14,18-19,21,24H,2-8,11-12,15-17H2,1H3. The molecule has 0 aromatic heterocycles. The van der Waals surface area contributed by atoms with Gasteiger partial charge in [0.05, 0.1) is 13.2 Å². The molecular formula is C22H35NO2. The molecule has 1 N–H and O–H groups in total. The van der Waals surface area contributed by atoms with Gasteiger partial charge in [-0.15, -0.1) is 0 Å². The first-order valence-corrected chi connectivity index (χ1v) is 10.3. The number of nitrogens with zero attached hydrogens (tertiary/aromatic N) is 1. The Kier molecular flexibility index (Phi) is 7.18. The average molecular weight is 346 g/mol. The minimum atomic E-state index is -0.291. The van der Waals surface area contributed by atoms with Gasteiger partial charge in [0.2, 0.25) is 0 Å². The lowest BCUT2D eigenvalue weighted by Crippen LogP contribution is -2.47. The van der Waals surface area contributed by atoms with E-state index >= 15 is 0 Å². The van der Waals surface area contributed by atoms with Gasteiger partial charge in [-0.05, 0) is 37.4 Å². The van der Waals surface area contributed by atoms with Crippen molar-refractivity contribution in [2.24, 2.45) is 0 Å². The number of methoxy groups -OCH3 is 1. The van der Waals surface area contributed by atoms with E-state index in [1.165, 1.54) is 63.4 Å². The largest absolute Gasteiger partial charge is 0.496 e. The quantitative estimate of drug-likeness (QED) is 0.859. The van der Waals surface area contributed by atoms with Crippen LogP contribution in [0.4, 0.5) is 0 Å². The normalized spacial score (nSPS) is 27.8. The maximum atomic E-state index is 10.9. The molecule has 1 aliphatic carbocycles. The Labute approximate surface area is 153 Å². The molecule has 1 heterocycles. The second-order valence-electron chi connectivity index (χ2n) is 7.91. The first-order chi connectivity index (χ1) is 12.3. The van der Waals surface area contributed by atoms with Crippen molar-refractivity contribution in [1.29, 1.82) is 0 Å². The van der Waals surface area contributed by atoms with Gasteiger partial charge in [-0.1, -0.05) is 63.1 Å². The molecule has 3 heteroatoms. The SMILES string of the molecule is COc1ccccc1C1CCN(C2CCCCCCCCC2)CC1O. The Morgan fingerprint density at radius 3 is 2.20 bits per heavy atom. The zero-order valence-electron chi connectivity index (χ0n) is 15.8. The Balaban J connectivity index is 1.61. The van der Waals surface area contributed by atoms with Crippen molar-refractivity contribution in [3.8, 4) is 5.75 Å². The molecule has 1 aromatic carbocycles. The van der Waals surface area contributed by atoms with E-state index < -0.39 is 0 Å². The van der Waals surface area contributed by atoms with Crippen molar-refractivity contribution in [2.75, 3.05) is 20.2 Å². The zero-order valence-corrected chi connectivity index (χ0v) is 15.8. The molecule has 0 amide bonds. The van der Waals surface area contributed by atoms with Crippen LogP contribution in [0.2, 0.25) is 0 Å². The first kappa shape index (κ1) is 18.7. The number of hydrogen-bond donors (Lipinski definition) is 1. The molecule has 2 unspecified atom stereocenters. The van der Waals surface area contributed by atoms with Gasteiger partial charge in [0, 0.05) is 18.5 Å². The minimum Gasteiger partial charge on any atom is -0.496 e. The minimum absolute atomic E-state index is 0.201. The number of aliphatic hydroxyl groups excluding tert-OH is 1. The summed E-state index contributed by atoms with van der Waals surface area (Å²) in [7, 11) is 1.72. The molecule has 0 spiro atoms. The van der Waals surface area contributed by atoms with Gasteiger partial charge in [0.1, 0.15) is 5.75 Å². The summed E-state index contributed by atoms with van der Waals surface area (Å²) < 4.78 is 5.52. The predicted molar refractivity (Wildman–Crippen MR) is 103 cm³/mol. The number of β-amino-alcohol motifs (C(OH)–C–C–N with tert-alkyl or cyclic N) is 1. The van der Waals surface area contributed by atoms with Crippen molar-refractivity contribution in [2.45, 2.75) is 82.3 Å². The zero-order chi connectivity index (χ0) is 17.5. The number of ether oxygens (including phenoxy) is 1. The van der Waals surface area contributed by atoms with E-state index in [4.69, 9.17) is 4.74 Å². The summed E-state index contributed by atoms with van der Waals surface area (Å²) in [5.74, 6) is 1.12. The molecule has 2 atom stereocenters. The molecule has 2 fully saturated rings. The van der Waals surface area contributed by atoms with E-state index in [1.54, 1.807) is 7.11 Å². The molecule has 1 aromatic rings. The van der Waals surface area contributed by atoms with Crippen LogP contribution >= 0.6 is 0 Å². The molecule has 2 aliphatic rings. The molecule has 1 aliphatic heterocycles. The molecule has 1 saturated heterocycles. The van der Waals surface area contributed by atoms with E-state index in [1.807, 2.05) is 12.1 Å². The Bertz CT molecular complexity index is 509. The van der Waals surface area contributed by atoms with Gasteiger partial charge in [-0.3, -0.25) is 4.90 Å². The number of para-hydroxylation sites is 1. The number of aliphatic hydroxyl groups is 1. The summed E-state index contributed by atoms with van der Waals surface area (Å²) >= 11 is 0. The number of piperidine rings is 1. The highest BCUT2D eigenvalue weighted by atomic mass is 16.5. The summed E-state index contributed by atoms with van der Waals surface area (Å²) in [6.07, 6.45) is 13.1. The Hall–Kier alpha value is -1.06. The number of likely N-dealkylation sites (tertiary alicyclic amines) is 1. The van der Waals surface area contributed by atoms with Gasteiger partial charge in [0.15, 0.2) is 0 Å². The highest BCUT2D eigenvalue weighted by molar-refractivity contribution is 5.37. The maximum absolute atomic E-state index is 10.9. The summed E-state index contributed by atoms with van der Waals surface area (Å²) in [5, 5.41) is 10.9. The summed E-state index contributed by atoms with van der Waals surface area (Å²) in [6.45, 7) is 1.91. The van der Waals surface area contributed by atoms with Crippen molar-refractivity contribution >= 4 is 0 Å². The van der Waals surface area contributed by atoms with Crippen molar-refractivity contribution < 1.29 is 9.84 Å². The summed E-state index contributed by atoms with van der Waals surface area (Å²) in [5.41, 5.74) is 1.17. The number of hydrogen-bond acceptors (Lipinski definition) is 3. The smallest absolute Gasteiger partial charge is 0.122 e. The Morgan fingerprint density at radius 1 is 0.920 bits per heavy atom. The fourth-order valence-electron chi connectivity index (χ4n) is 4.78. The van der Waals surface area contributed by atoms with E-state index in [9.17, 15) is 5.11 Å². The van der Waals surface area contributed by atoms with Crippen LogP contribution < -0.4 is 4.74 Å². The lowest BCUT2D eigenvalue weighted by Gasteiger charge is -2.41. The van der Waals surface area contributed by atoms with Crippen LogP contribution in [0.3, 0.4) is 0 Å². The van der Waals surface area contributed by atoms with E-state index in [-0.39, 0.29) is 12.0 Å². The van der Waals surface area contributed by atoms with Crippen LogP contribution in [0, 0.1) is 0 Å². The van der Waals surface area contributed by atoms with Crippen LogP contribution in [0.25, 0.3) is 0 Å². The van der Waals surface area contributed by atoms with Gasteiger partial charge in [0.25, 0.3) is 0 Å².